The van der Waals surface area contributed by atoms with Crippen LogP contribution in [0.2, 0.25) is 0 Å². The second kappa shape index (κ2) is 6.71. The second-order valence-electron chi connectivity index (χ2n) is 4.53. The molecular formula is C16H13IO4. The van der Waals surface area contributed by atoms with E-state index in [9.17, 15) is 14.7 Å². The molecule has 0 radical (unpaired) electrons. The van der Waals surface area contributed by atoms with Gasteiger partial charge in [0.1, 0.15) is 11.3 Å². The number of esters is 1. The summed E-state index contributed by atoms with van der Waals surface area (Å²) in [7, 11) is 0. The van der Waals surface area contributed by atoms with Gasteiger partial charge in [-0.15, -0.1) is 0 Å². The van der Waals surface area contributed by atoms with Crippen molar-refractivity contribution in [3.05, 3.63) is 62.7 Å². The summed E-state index contributed by atoms with van der Waals surface area (Å²) in [6, 6.07) is 11.6. The van der Waals surface area contributed by atoms with E-state index < -0.39 is 5.97 Å². The lowest BCUT2D eigenvalue weighted by Gasteiger charge is -2.06. The summed E-state index contributed by atoms with van der Waals surface area (Å²) < 4.78 is 5.75. The Hall–Kier alpha value is -1.89. The number of benzene rings is 2. The SMILES string of the molecule is Cc1ccc(C(=O)COC(=O)c2cc(I)ccc2O)cc1. The van der Waals surface area contributed by atoms with Crippen LogP contribution >= 0.6 is 22.6 Å². The monoisotopic (exact) mass is 396 g/mol. The molecule has 0 aliphatic carbocycles. The van der Waals surface area contributed by atoms with E-state index in [1.165, 1.54) is 12.1 Å². The first-order chi connectivity index (χ1) is 9.97. The Morgan fingerprint density at radius 1 is 1.14 bits per heavy atom. The van der Waals surface area contributed by atoms with Gasteiger partial charge >= 0.3 is 5.97 Å². The molecular weight excluding hydrogens is 383 g/mol. The van der Waals surface area contributed by atoms with E-state index in [0.717, 1.165) is 9.13 Å². The molecule has 0 unspecified atom stereocenters. The lowest BCUT2D eigenvalue weighted by Crippen LogP contribution is -2.14. The molecule has 2 aromatic rings. The molecule has 0 atom stereocenters. The van der Waals surface area contributed by atoms with Crippen molar-refractivity contribution in [2.75, 3.05) is 6.61 Å². The fraction of sp³-hybridized carbons (Fsp3) is 0.125. The van der Waals surface area contributed by atoms with Crippen LogP contribution < -0.4 is 0 Å². The van der Waals surface area contributed by atoms with E-state index in [2.05, 4.69) is 0 Å². The van der Waals surface area contributed by atoms with Crippen LogP contribution in [0.25, 0.3) is 0 Å². The van der Waals surface area contributed by atoms with Crippen molar-refractivity contribution in [3.63, 3.8) is 0 Å². The van der Waals surface area contributed by atoms with Crippen LogP contribution in [0.15, 0.2) is 42.5 Å². The minimum absolute atomic E-state index is 0.0543. The average molecular weight is 396 g/mol. The summed E-state index contributed by atoms with van der Waals surface area (Å²) in [5, 5.41) is 9.63. The largest absolute Gasteiger partial charge is 0.507 e. The van der Waals surface area contributed by atoms with Gasteiger partial charge in [-0.3, -0.25) is 4.79 Å². The molecule has 1 N–H and O–H groups in total. The summed E-state index contributed by atoms with van der Waals surface area (Å²) in [6.07, 6.45) is 0. The summed E-state index contributed by atoms with van der Waals surface area (Å²) in [5.41, 5.74) is 1.59. The zero-order chi connectivity index (χ0) is 15.4. The number of ketones is 1. The molecule has 21 heavy (non-hydrogen) atoms. The van der Waals surface area contributed by atoms with Crippen LogP contribution in [-0.2, 0) is 4.74 Å². The maximum absolute atomic E-state index is 11.9. The highest BCUT2D eigenvalue weighted by molar-refractivity contribution is 14.1. The number of carbonyl (C=O) groups excluding carboxylic acids is 2. The first kappa shape index (κ1) is 15.5. The summed E-state index contributed by atoms with van der Waals surface area (Å²) in [4.78, 5) is 23.8. The van der Waals surface area contributed by atoms with Crippen LogP contribution in [0, 0.1) is 10.5 Å². The fourth-order valence-electron chi connectivity index (χ4n) is 1.70. The molecule has 0 saturated heterocycles. The molecule has 108 valence electrons. The van der Waals surface area contributed by atoms with E-state index in [4.69, 9.17) is 4.74 Å². The number of halogens is 1. The van der Waals surface area contributed by atoms with Gasteiger partial charge in [-0.2, -0.15) is 0 Å². The van der Waals surface area contributed by atoms with Crippen LogP contribution in [0.5, 0.6) is 5.75 Å². The second-order valence-corrected chi connectivity index (χ2v) is 5.77. The molecule has 2 aromatic carbocycles. The van der Waals surface area contributed by atoms with Gasteiger partial charge in [-0.25, -0.2) is 4.79 Å². The van der Waals surface area contributed by atoms with Gasteiger partial charge in [0.2, 0.25) is 0 Å². The molecule has 2 rings (SSSR count). The number of rotatable bonds is 4. The van der Waals surface area contributed by atoms with Crippen LogP contribution in [0.4, 0.5) is 0 Å². The Balaban J connectivity index is 2.02. The van der Waals surface area contributed by atoms with Gasteiger partial charge in [0, 0.05) is 9.13 Å². The van der Waals surface area contributed by atoms with Crippen molar-refractivity contribution in [2.45, 2.75) is 6.92 Å². The van der Waals surface area contributed by atoms with Crippen molar-refractivity contribution in [2.24, 2.45) is 0 Å². The first-order valence-electron chi connectivity index (χ1n) is 6.23. The highest BCUT2D eigenvalue weighted by Crippen LogP contribution is 2.20. The third kappa shape index (κ3) is 4.04. The minimum Gasteiger partial charge on any atom is -0.507 e. The van der Waals surface area contributed by atoms with E-state index in [1.54, 1.807) is 18.2 Å². The van der Waals surface area contributed by atoms with E-state index >= 15 is 0 Å². The number of aromatic hydroxyl groups is 1. The van der Waals surface area contributed by atoms with Crippen molar-refractivity contribution < 1.29 is 19.4 Å². The summed E-state index contributed by atoms with van der Waals surface area (Å²) in [5.74, 6) is -1.16. The van der Waals surface area contributed by atoms with Gasteiger partial charge in [0.15, 0.2) is 12.4 Å². The van der Waals surface area contributed by atoms with E-state index in [0.29, 0.717) is 5.56 Å². The van der Waals surface area contributed by atoms with Crippen LogP contribution in [-0.4, -0.2) is 23.5 Å². The van der Waals surface area contributed by atoms with Crippen molar-refractivity contribution >= 4 is 34.3 Å². The van der Waals surface area contributed by atoms with Crippen molar-refractivity contribution in [1.29, 1.82) is 0 Å². The number of phenols is 1. The van der Waals surface area contributed by atoms with Crippen LogP contribution in [0.1, 0.15) is 26.3 Å². The molecule has 0 aliphatic rings. The zero-order valence-electron chi connectivity index (χ0n) is 11.3. The zero-order valence-corrected chi connectivity index (χ0v) is 13.5. The molecule has 0 saturated carbocycles. The summed E-state index contributed by atoms with van der Waals surface area (Å²) >= 11 is 2.02. The number of phenolic OH excluding ortho intramolecular Hbond substituents is 1. The topological polar surface area (TPSA) is 63.6 Å². The molecule has 0 aromatic heterocycles. The Kier molecular flexibility index (Phi) is 4.95. The lowest BCUT2D eigenvalue weighted by molar-refractivity contribution is 0.0471. The molecule has 0 heterocycles. The third-order valence-electron chi connectivity index (χ3n) is 2.89. The predicted octanol–water partition coefficient (Wildman–Crippen LogP) is 3.34. The lowest BCUT2D eigenvalue weighted by atomic mass is 10.1. The Morgan fingerprint density at radius 2 is 1.81 bits per heavy atom. The maximum Gasteiger partial charge on any atom is 0.342 e. The molecule has 5 heteroatoms. The van der Waals surface area contributed by atoms with Crippen molar-refractivity contribution in [3.8, 4) is 5.75 Å². The van der Waals surface area contributed by atoms with E-state index in [-0.39, 0.29) is 23.7 Å². The molecule has 0 fully saturated rings. The maximum atomic E-state index is 11.9. The molecule has 0 spiro atoms. The van der Waals surface area contributed by atoms with Gasteiger partial charge in [0.05, 0.1) is 0 Å². The Labute approximate surface area is 135 Å². The number of aryl methyl sites for hydroxylation is 1. The van der Waals surface area contributed by atoms with Gasteiger partial charge in [-0.1, -0.05) is 29.8 Å². The molecule has 4 nitrogen and oxygen atoms in total. The van der Waals surface area contributed by atoms with Gasteiger partial charge in [-0.05, 0) is 47.7 Å². The number of carbonyl (C=O) groups is 2. The molecule has 0 aliphatic heterocycles. The van der Waals surface area contributed by atoms with Gasteiger partial charge in [0.25, 0.3) is 0 Å². The standard InChI is InChI=1S/C16H13IO4/c1-10-2-4-11(5-3-10)15(19)9-21-16(20)13-8-12(17)6-7-14(13)18/h2-8,18H,9H2,1H3. The van der Waals surface area contributed by atoms with Gasteiger partial charge < -0.3 is 9.84 Å². The van der Waals surface area contributed by atoms with E-state index in [1.807, 2.05) is 41.6 Å². The van der Waals surface area contributed by atoms with Crippen molar-refractivity contribution in [1.82, 2.24) is 0 Å². The number of Topliss-reactive ketones (excluding diaryl/α,β-unsaturated/α-hetero) is 1. The molecule has 0 amide bonds. The number of ether oxygens (including phenoxy) is 1. The van der Waals surface area contributed by atoms with Crippen LogP contribution in [0.3, 0.4) is 0 Å². The third-order valence-corrected chi connectivity index (χ3v) is 3.56. The first-order valence-corrected chi connectivity index (χ1v) is 7.31. The molecule has 0 bridgehead atoms. The Bertz CT molecular complexity index is 677. The normalized spacial score (nSPS) is 10.2. The quantitative estimate of drug-likeness (QED) is 0.489. The summed E-state index contributed by atoms with van der Waals surface area (Å²) in [6.45, 7) is 1.57. The fourth-order valence-corrected chi connectivity index (χ4v) is 2.19. The average Bonchev–Trinajstić information content (AvgIpc) is 2.47. The highest BCUT2D eigenvalue weighted by Gasteiger charge is 2.15. The number of hydrogen-bond donors (Lipinski definition) is 1. The Morgan fingerprint density at radius 3 is 2.48 bits per heavy atom. The minimum atomic E-state index is -0.716. The highest BCUT2D eigenvalue weighted by atomic mass is 127. The predicted molar refractivity (Wildman–Crippen MR) is 86.6 cm³/mol. The smallest absolute Gasteiger partial charge is 0.342 e. The number of hydrogen-bond acceptors (Lipinski definition) is 4.